The van der Waals surface area contributed by atoms with Crippen molar-refractivity contribution in [3.05, 3.63) is 0 Å². The highest BCUT2D eigenvalue weighted by Crippen LogP contribution is 2.17. The second-order valence-electron chi connectivity index (χ2n) is 5.21. The molecule has 0 aliphatic carbocycles. The van der Waals surface area contributed by atoms with Gasteiger partial charge in [-0.1, -0.05) is 0 Å². The van der Waals surface area contributed by atoms with Crippen LogP contribution in [0.1, 0.15) is 39.0 Å². The molecule has 3 nitrogen and oxygen atoms in total. The van der Waals surface area contributed by atoms with Gasteiger partial charge in [0.05, 0.1) is 6.10 Å². The van der Waals surface area contributed by atoms with Crippen molar-refractivity contribution in [1.29, 1.82) is 0 Å². The van der Waals surface area contributed by atoms with Crippen LogP contribution in [0.5, 0.6) is 0 Å². The predicted molar refractivity (Wildman–Crippen MR) is 62.1 cm³/mol. The minimum absolute atomic E-state index is 0.328. The van der Waals surface area contributed by atoms with Crippen molar-refractivity contribution in [1.82, 2.24) is 10.6 Å². The molecule has 3 heteroatoms. The molecule has 2 heterocycles. The van der Waals surface area contributed by atoms with E-state index in [1.54, 1.807) is 0 Å². The quantitative estimate of drug-likeness (QED) is 0.736. The van der Waals surface area contributed by atoms with E-state index in [4.69, 9.17) is 4.74 Å². The van der Waals surface area contributed by atoms with Gasteiger partial charge in [-0.25, -0.2) is 0 Å². The molecule has 2 N–H and O–H groups in total. The minimum atomic E-state index is 0.328. The highest BCUT2D eigenvalue weighted by molar-refractivity contribution is 4.90. The van der Waals surface area contributed by atoms with E-state index < -0.39 is 0 Å². The zero-order chi connectivity index (χ0) is 10.6. The number of ether oxygens (including phenoxy) is 1. The molecule has 2 saturated heterocycles. The summed E-state index contributed by atoms with van der Waals surface area (Å²) in [6, 6.07) is 0. The molecule has 2 aliphatic heterocycles. The predicted octanol–water partition coefficient (Wildman–Crippen LogP) is 1.29. The van der Waals surface area contributed by atoms with Crippen LogP contribution in [0.4, 0.5) is 0 Å². The third kappa shape index (κ3) is 3.44. The zero-order valence-electron chi connectivity index (χ0n) is 9.85. The van der Waals surface area contributed by atoms with Gasteiger partial charge in [-0.05, 0) is 45.6 Å². The lowest BCUT2D eigenvalue weighted by atomic mass is 10.0. The van der Waals surface area contributed by atoms with E-state index in [1.165, 1.54) is 38.6 Å². The fourth-order valence-corrected chi connectivity index (χ4v) is 2.59. The van der Waals surface area contributed by atoms with E-state index >= 15 is 0 Å². The van der Waals surface area contributed by atoms with E-state index in [-0.39, 0.29) is 0 Å². The van der Waals surface area contributed by atoms with Crippen LogP contribution in [0, 0.1) is 0 Å². The fraction of sp³-hybridized carbons (Fsp3) is 1.00. The van der Waals surface area contributed by atoms with Crippen molar-refractivity contribution < 1.29 is 4.74 Å². The summed E-state index contributed by atoms with van der Waals surface area (Å²) in [4.78, 5) is 0. The molecule has 0 saturated carbocycles. The monoisotopic (exact) mass is 212 g/mol. The van der Waals surface area contributed by atoms with E-state index in [0.29, 0.717) is 11.6 Å². The van der Waals surface area contributed by atoms with Crippen LogP contribution in [0.3, 0.4) is 0 Å². The van der Waals surface area contributed by atoms with Crippen molar-refractivity contribution in [3.63, 3.8) is 0 Å². The van der Waals surface area contributed by atoms with Gasteiger partial charge >= 0.3 is 0 Å². The Bertz CT molecular complexity index is 184. The van der Waals surface area contributed by atoms with E-state index in [9.17, 15) is 0 Å². The van der Waals surface area contributed by atoms with Gasteiger partial charge in [0, 0.05) is 25.2 Å². The molecule has 2 fully saturated rings. The number of hydrogen-bond acceptors (Lipinski definition) is 3. The van der Waals surface area contributed by atoms with Gasteiger partial charge in [0.25, 0.3) is 0 Å². The summed E-state index contributed by atoms with van der Waals surface area (Å²) in [5.74, 6) is 0. The van der Waals surface area contributed by atoms with Crippen molar-refractivity contribution in [2.45, 2.75) is 50.7 Å². The van der Waals surface area contributed by atoms with E-state index in [2.05, 4.69) is 17.6 Å². The smallest absolute Gasteiger partial charge is 0.0699 e. The molecule has 2 aliphatic rings. The molecule has 2 unspecified atom stereocenters. The van der Waals surface area contributed by atoms with Gasteiger partial charge in [-0.3, -0.25) is 0 Å². The Labute approximate surface area is 93.0 Å². The SMILES string of the molecule is CC1(CNCC2CCCCO2)CCCN1. The maximum Gasteiger partial charge on any atom is 0.0699 e. The Hall–Kier alpha value is -0.120. The highest BCUT2D eigenvalue weighted by atomic mass is 16.5. The molecule has 2 rings (SSSR count). The average molecular weight is 212 g/mol. The van der Waals surface area contributed by atoms with Crippen LogP contribution in [0.25, 0.3) is 0 Å². The summed E-state index contributed by atoms with van der Waals surface area (Å²) in [5, 5.41) is 7.12. The molecule has 0 aromatic rings. The third-order valence-corrected chi connectivity index (χ3v) is 3.62. The van der Waals surface area contributed by atoms with Gasteiger partial charge in [0.15, 0.2) is 0 Å². The Morgan fingerprint density at radius 3 is 3.00 bits per heavy atom. The lowest BCUT2D eigenvalue weighted by molar-refractivity contribution is 0.0162. The maximum atomic E-state index is 5.69. The molecule has 0 aromatic heterocycles. The van der Waals surface area contributed by atoms with Crippen molar-refractivity contribution >= 4 is 0 Å². The number of rotatable bonds is 4. The summed E-state index contributed by atoms with van der Waals surface area (Å²) >= 11 is 0. The Morgan fingerprint density at radius 2 is 2.33 bits per heavy atom. The normalized spacial score (nSPS) is 37.0. The molecule has 0 aromatic carbocycles. The van der Waals surface area contributed by atoms with Crippen molar-refractivity contribution in [3.8, 4) is 0 Å². The van der Waals surface area contributed by atoms with Crippen LogP contribution < -0.4 is 10.6 Å². The van der Waals surface area contributed by atoms with Crippen LogP contribution in [-0.4, -0.2) is 37.9 Å². The van der Waals surface area contributed by atoms with Gasteiger partial charge < -0.3 is 15.4 Å². The number of hydrogen-bond donors (Lipinski definition) is 2. The summed E-state index contributed by atoms with van der Waals surface area (Å²) in [6.45, 7) is 6.55. The average Bonchev–Trinajstić information content (AvgIpc) is 2.67. The Balaban J connectivity index is 1.61. The molecule has 0 radical (unpaired) electrons. The first-order chi connectivity index (χ1) is 7.29. The largest absolute Gasteiger partial charge is 0.377 e. The lowest BCUT2D eigenvalue weighted by Crippen LogP contribution is -2.47. The van der Waals surface area contributed by atoms with Gasteiger partial charge in [0.1, 0.15) is 0 Å². The molecular weight excluding hydrogens is 188 g/mol. The van der Waals surface area contributed by atoms with Gasteiger partial charge in [-0.2, -0.15) is 0 Å². The molecule has 0 bridgehead atoms. The first-order valence-corrected chi connectivity index (χ1v) is 6.36. The lowest BCUT2D eigenvalue weighted by Gasteiger charge is -2.28. The van der Waals surface area contributed by atoms with Crippen LogP contribution >= 0.6 is 0 Å². The first-order valence-electron chi connectivity index (χ1n) is 6.36. The van der Waals surface area contributed by atoms with Crippen LogP contribution in [-0.2, 0) is 4.74 Å². The summed E-state index contributed by atoms with van der Waals surface area (Å²) in [6.07, 6.45) is 6.89. The van der Waals surface area contributed by atoms with Crippen LogP contribution in [0.2, 0.25) is 0 Å². The summed E-state index contributed by atoms with van der Waals surface area (Å²) < 4.78 is 5.69. The second-order valence-corrected chi connectivity index (χ2v) is 5.21. The Kier molecular flexibility index (Phi) is 4.00. The Morgan fingerprint density at radius 1 is 1.40 bits per heavy atom. The maximum absolute atomic E-state index is 5.69. The fourth-order valence-electron chi connectivity index (χ4n) is 2.59. The summed E-state index contributed by atoms with van der Waals surface area (Å²) in [7, 11) is 0. The van der Waals surface area contributed by atoms with Crippen molar-refractivity contribution in [2.24, 2.45) is 0 Å². The molecular formula is C12H24N2O. The van der Waals surface area contributed by atoms with Crippen molar-refractivity contribution in [2.75, 3.05) is 26.2 Å². The molecule has 0 amide bonds. The molecule has 88 valence electrons. The zero-order valence-corrected chi connectivity index (χ0v) is 9.85. The topological polar surface area (TPSA) is 33.3 Å². The molecule has 15 heavy (non-hydrogen) atoms. The highest BCUT2D eigenvalue weighted by Gasteiger charge is 2.27. The first kappa shape index (κ1) is 11.4. The minimum Gasteiger partial charge on any atom is -0.377 e. The number of nitrogens with one attached hydrogen (secondary N) is 2. The van der Waals surface area contributed by atoms with E-state index in [0.717, 1.165) is 19.7 Å². The van der Waals surface area contributed by atoms with Gasteiger partial charge in [0.2, 0.25) is 0 Å². The molecule has 0 spiro atoms. The summed E-state index contributed by atoms with van der Waals surface area (Å²) in [5.41, 5.74) is 0.328. The second kappa shape index (κ2) is 5.28. The van der Waals surface area contributed by atoms with Crippen LogP contribution in [0.15, 0.2) is 0 Å². The molecule has 2 atom stereocenters. The third-order valence-electron chi connectivity index (χ3n) is 3.62. The standard InChI is InChI=1S/C12H24N2O/c1-12(6-4-7-14-12)10-13-9-11-5-2-3-8-15-11/h11,13-14H,2-10H2,1H3. The van der Waals surface area contributed by atoms with E-state index in [1.807, 2.05) is 0 Å². The van der Waals surface area contributed by atoms with Gasteiger partial charge in [-0.15, -0.1) is 0 Å².